The van der Waals surface area contributed by atoms with Gasteiger partial charge in [-0.05, 0) is 92.7 Å². The third kappa shape index (κ3) is 4.49. The number of amides is 2. The SMILES string of the molecule is CC1=C(C)C(=O)[C@@]2(C)[C@@H](c3cc(C)c(O)c(C)c3)C3=CC[C@@H]4C(=O)N(C5CCN(Cc6ccccc6)CC5)C(=O)[C@@H]4[C@@H]3C[C@H]2C1=O. The van der Waals surface area contributed by atoms with Crippen LogP contribution in [0.1, 0.15) is 74.6 Å². The van der Waals surface area contributed by atoms with Gasteiger partial charge < -0.3 is 5.11 Å². The van der Waals surface area contributed by atoms with E-state index >= 15 is 0 Å². The molecule has 2 saturated heterocycles. The molecule has 2 heterocycles. The van der Waals surface area contributed by atoms with Crippen LogP contribution in [0.4, 0.5) is 0 Å². The van der Waals surface area contributed by atoms with Crippen molar-refractivity contribution in [3.8, 4) is 5.75 Å². The zero-order valence-corrected chi connectivity index (χ0v) is 27.5. The zero-order valence-electron chi connectivity index (χ0n) is 27.5. The maximum Gasteiger partial charge on any atom is 0.233 e. The second-order valence-corrected chi connectivity index (χ2v) is 14.7. The standard InChI is InChI=1S/C39H44N2O5/c1-21-17-26(18-22(2)34(21)42)33-28-11-12-29-32(30(28)19-31-35(43)23(3)24(4)36(44)39(31,33)5)38(46)41(37(29)45)27-13-15-40(16-14-27)20-25-9-7-6-8-10-25/h6-11,17-18,27,29-33,42H,12-16,19-20H2,1-5H3/t29-,30+,31-,32-,33-,39+/m0/s1. The van der Waals surface area contributed by atoms with Gasteiger partial charge in [-0.15, -0.1) is 0 Å². The van der Waals surface area contributed by atoms with E-state index < -0.39 is 29.1 Å². The van der Waals surface area contributed by atoms with E-state index in [0.29, 0.717) is 35.1 Å². The second kappa shape index (κ2) is 11.2. The molecule has 7 heteroatoms. The summed E-state index contributed by atoms with van der Waals surface area (Å²) in [7, 11) is 0. The minimum Gasteiger partial charge on any atom is -0.507 e. The van der Waals surface area contributed by atoms with Crippen molar-refractivity contribution in [3.05, 3.63) is 87.5 Å². The number of benzene rings is 2. The Labute approximate surface area is 271 Å². The Morgan fingerprint density at radius 2 is 1.52 bits per heavy atom. The molecule has 2 aromatic carbocycles. The van der Waals surface area contributed by atoms with Crippen LogP contribution >= 0.6 is 0 Å². The summed E-state index contributed by atoms with van der Waals surface area (Å²) in [4.78, 5) is 60.8. The molecule has 0 aromatic heterocycles. The number of ketones is 2. The topological polar surface area (TPSA) is 95.0 Å². The van der Waals surface area contributed by atoms with Gasteiger partial charge in [0.05, 0.1) is 17.3 Å². The normalized spacial score (nSPS) is 32.0. The number of hydrogen-bond acceptors (Lipinski definition) is 6. The van der Waals surface area contributed by atoms with E-state index in [1.807, 2.05) is 51.1 Å². The number of carbonyl (C=O) groups is 4. The summed E-state index contributed by atoms with van der Waals surface area (Å²) < 4.78 is 0. The lowest BCUT2D eigenvalue weighted by Crippen LogP contribution is -2.55. The van der Waals surface area contributed by atoms with Crippen molar-refractivity contribution in [2.75, 3.05) is 13.1 Å². The molecule has 7 nitrogen and oxygen atoms in total. The highest BCUT2D eigenvalue weighted by atomic mass is 16.3. The molecule has 6 atom stereocenters. The molecular formula is C39H44N2O5. The molecule has 0 unspecified atom stereocenters. The molecule has 0 bridgehead atoms. The van der Waals surface area contributed by atoms with E-state index in [-0.39, 0.29) is 41.1 Å². The molecule has 240 valence electrons. The van der Waals surface area contributed by atoms with Crippen molar-refractivity contribution in [3.63, 3.8) is 0 Å². The number of phenols is 1. The van der Waals surface area contributed by atoms with Gasteiger partial charge >= 0.3 is 0 Å². The summed E-state index contributed by atoms with van der Waals surface area (Å²) in [6.07, 6.45) is 4.45. The van der Waals surface area contributed by atoms with E-state index in [4.69, 9.17) is 0 Å². The average Bonchev–Trinajstić information content (AvgIpc) is 3.31. The van der Waals surface area contributed by atoms with Gasteiger partial charge in [-0.1, -0.05) is 61.0 Å². The van der Waals surface area contributed by atoms with Crippen molar-refractivity contribution >= 4 is 23.4 Å². The van der Waals surface area contributed by atoms with Crippen LogP contribution in [0.3, 0.4) is 0 Å². The van der Waals surface area contributed by atoms with Crippen molar-refractivity contribution in [1.82, 2.24) is 9.80 Å². The molecular weight excluding hydrogens is 576 g/mol. The summed E-state index contributed by atoms with van der Waals surface area (Å²) in [6, 6.07) is 14.1. The van der Waals surface area contributed by atoms with Crippen LogP contribution in [0.25, 0.3) is 0 Å². The van der Waals surface area contributed by atoms with Crippen LogP contribution in [-0.4, -0.2) is 57.4 Å². The second-order valence-electron chi connectivity index (χ2n) is 14.7. The molecule has 0 radical (unpaired) electrons. The Morgan fingerprint density at radius 3 is 2.17 bits per heavy atom. The molecule has 3 aliphatic carbocycles. The summed E-state index contributed by atoms with van der Waals surface area (Å²) in [5.41, 5.74) is 4.53. The number of aromatic hydroxyl groups is 1. The van der Waals surface area contributed by atoms with Crippen molar-refractivity contribution in [2.24, 2.45) is 29.1 Å². The van der Waals surface area contributed by atoms with Gasteiger partial charge in [-0.25, -0.2) is 0 Å². The van der Waals surface area contributed by atoms with Crippen molar-refractivity contribution in [1.29, 1.82) is 0 Å². The molecule has 2 aromatic rings. The molecule has 1 N–H and O–H groups in total. The largest absolute Gasteiger partial charge is 0.507 e. The average molecular weight is 621 g/mol. The Balaban J connectivity index is 1.22. The lowest BCUT2D eigenvalue weighted by Gasteiger charge is -2.54. The highest BCUT2D eigenvalue weighted by Crippen LogP contribution is 2.63. The number of allylic oxidation sites excluding steroid dienone is 4. The number of hydrogen-bond donors (Lipinski definition) is 1. The minimum atomic E-state index is -1.03. The maximum atomic E-state index is 14.4. The molecule has 2 amide bonds. The van der Waals surface area contributed by atoms with Gasteiger partial charge in [0.25, 0.3) is 0 Å². The predicted molar refractivity (Wildman–Crippen MR) is 175 cm³/mol. The summed E-state index contributed by atoms with van der Waals surface area (Å²) in [6.45, 7) is 11.6. The van der Waals surface area contributed by atoms with Crippen LogP contribution in [0, 0.1) is 42.9 Å². The first-order chi connectivity index (χ1) is 21.9. The number of rotatable bonds is 4. The number of carbonyl (C=O) groups excluding carboxylic acids is 4. The van der Waals surface area contributed by atoms with Crippen molar-refractivity contribution < 1.29 is 24.3 Å². The third-order valence-corrected chi connectivity index (χ3v) is 12.2. The first kappa shape index (κ1) is 30.8. The fourth-order valence-corrected chi connectivity index (χ4v) is 9.68. The Kier molecular flexibility index (Phi) is 7.46. The van der Waals surface area contributed by atoms with Crippen LogP contribution in [0.5, 0.6) is 5.75 Å². The number of fused-ring (bicyclic) bond motifs is 4. The molecule has 46 heavy (non-hydrogen) atoms. The van der Waals surface area contributed by atoms with E-state index in [0.717, 1.165) is 43.6 Å². The Hall–Kier alpha value is -3.84. The fraction of sp³-hybridized carbons (Fsp3) is 0.487. The molecule has 0 spiro atoms. The number of piperidine rings is 1. The highest BCUT2D eigenvalue weighted by Gasteiger charge is 2.64. The van der Waals surface area contributed by atoms with Gasteiger partial charge in [0.1, 0.15) is 5.75 Å². The monoisotopic (exact) mass is 620 g/mol. The minimum absolute atomic E-state index is 0.0258. The number of likely N-dealkylation sites (tertiary alicyclic amines) is 2. The van der Waals surface area contributed by atoms with Gasteiger partial charge in [-0.2, -0.15) is 0 Å². The number of aryl methyl sites for hydroxylation is 2. The Bertz CT molecular complexity index is 1690. The quantitative estimate of drug-likeness (QED) is 0.342. The zero-order chi connectivity index (χ0) is 32.7. The molecule has 1 saturated carbocycles. The van der Waals surface area contributed by atoms with E-state index in [2.05, 4.69) is 23.1 Å². The van der Waals surface area contributed by atoms with Crippen LogP contribution in [-0.2, 0) is 25.7 Å². The fourth-order valence-electron chi connectivity index (χ4n) is 9.68. The van der Waals surface area contributed by atoms with Gasteiger partial charge in [-0.3, -0.25) is 29.0 Å². The molecule has 3 fully saturated rings. The number of nitrogens with zero attached hydrogens (tertiary/aromatic N) is 2. The summed E-state index contributed by atoms with van der Waals surface area (Å²) in [5, 5.41) is 10.6. The summed E-state index contributed by atoms with van der Waals surface area (Å²) >= 11 is 0. The van der Waals surface area contributed by atoms with E-state index in [1.54, 1.807) is 18.7 Å². The van der Waals surface area contributed by atoms with Crippen LogP contribution in [0.2, 0.25) is 0 Å². The van der Waals surface area contributed by atoms with E-state index in [9.17, 15) is 24.3 Å². The van der Waals surface area contributed by atoms with Crippen molar-refractivity contribution in [2.45, 2.75) is 78.8 Å². The molecule has 2 aliphatic heterocycles. The Morgan fingerprint density at radius 1 is 0.870 bits per heavy atom. The lowest BCUT2D eigenvalue weighted by molar-refractivity contribution is -0.145. The van der Waals surface area contributed by atoms with Crippen LogP contribution < -0.4 is 0 Å². The number of phenolic OH excluding ortho intramolecular Hbond substituents is 1. The first-order valence-corrected chi connectivity index (χ1v) is 16.8. The van der Waals surface area contributed by atoms with Gasteiger partial charge in [0.15, 0.2) is 11.6 Å². The van der Waals surface area contributed by atoms with Gasteiger partial charge in [0, 0.05) is 37.5 Å². The third-order valence-electron chi connectivity index (χ3n) is 12.2. The first-order valence-electron chi connectivity index (χ1n) is 16.8. The van der Waals surface area contributed by atoms with Crippen LogP contribution in [0.15, 0.2) is 65.3 Å². The highest BCUT2D eigenvalue weighted by molar-refractivity contribution is 6.16. The molecule has 7 rings (SSSR count). The lowest BCUT2D eigenvalue weighted by atomic mass is 9.46. The van der Waals surface area contributed by atoms with E-state index in [1.165, 1.54) is 5.56 Å². The predicted octanol–water partition coefficient (Wildman–Crippen LogP) is 5.82. The molecule has 5 aliphatic rings. The van der Waals surface area contributed by atoms with Gasteiger partial charge in [0.2, 0.25) is 11.8 Å². The number of imide groups is 1. The smallest absolute Gasteiger partial charge is 0.233 e. The summed E-state index contributed by atoms with van der Waals surface area (Å²) in [5.74, 6) is -2.33. The number of Topliss-reactive ketones (excluding diaryl/α,β-unsaturated/α-hetero) is 2. The maximum absolute atomic E-state index is 14.4.